The number of hydrogen-bond donors (Lipinski definition) is 1. The van der Waals surface area contributed by atoms with E-state index in [0.717, 1.165) is 5.56 Å². The molecule has 2 nitrogen and oxygen atoms in total. The zero-order chi connectivity index (χ0) is 12.3. The second-order valence-electron chi connectivity index (χ2n) is 3.10. The zero-order valence-electron chi connectivity index (χ0n) is 11.2. The van der Waals surface area contributed by atoms with E-state index < -0.39 is 13.0 Å². The third-order valence-corrected chi connectivity index (χ3v) is 1.95. The van der Waals surface area contributed by atoms with Crippen LogP contribution in [0.1, 0.15) is 27.0 Å². The van der Waals surface area contributed by atoms with Gasteiger partial charge in [-0.2, -0.15) is 0 Å². The van der Waals surface area contributed by atoms with Gasteiger partial charge in [0.25, 0.3) is 0 Å². The maximum atomic E-state index is 11.8. The Morgan fingerprint density at radius 2 is 2.00 bits per heavy atom. The van der Waals surface area contributed by atoms with Gasteiger partial charge in [0.15, 0.2) is 5.78 Å². The molecular formula is C11H16ClNO. The fourth-order valence-electron chi connectivity index (χ4n) is 1.03. The van der Waals surface area contributed by atoms with Crippen molar-refractivity contribution in [1.82, 2.24) is 5.32 Å². The van der Waals surface area contributed by atoms with Crippen molar-refractivity contribution >= 4 is 18.2 Å². The Hall–Kier alpha value is -0.860. The monoisotopic (exact) mass is 216 g/mol. The minimum absolute atomic E-state index is 0. The number of hydrogen-bond acceptors (Lipinski definition) is 2. The largest absolute Gasteiger partial charge is 0.310 e. The quantitative estimate of drug-likeness (QED) is 0.785. The molecule has 0 saturated carbocycles. The van der Waals surface area contributed by atoms with Crippen molar-refractivity contribution in [2.45, 2.75) is 19.9 Å². The first-order valence-corrected chi connectivity index (χ1v) is 4.18. The molecule has 0 fully saturated rings. The van der Waals surface area contributed by atoms with Gasteiger partial charge in [-0.3, -0.25) is 4.79 Å². The molecule has 1 aromatic rings. The molecule has 14 heavy (non-hydrogen) atoms. The van der Waals surface area contributed by atoms with Gasteiger partial charge in [-0.05, 0) is 20.8 Å². The second kappa shape index (κ2) is 5.78. The van der Waals surface area contributed by atoms with E-state index in [1.165, 1.54) is 0 Å². The molecule has 3 heteroatoms. The number of carbonyl (C=O) groups excluding carboxylic acids is 1. The highest BCUT2D eigenvalue weighted by Crippen LogP contribution is 2.05. The summed E-state index contributed by atoms with van der Waals surface area (Å²) in [5.41, 5.74) is 1.59. The molecule has 0 heterocycles. The van der Waals surface area contributed by atoms with Crippen molar-refractivity contribution < 1.29 is 8.91 Å². The Morgan fingerprint density at radius 1 is 1.43 bits per heavy atom. The molecule has 0 aliphatic carbocycles. The molecule has 0 aliphatic heterocycles. The van der Waals surface area contributed by atoms with Gasteiger partial charge in [-0.15, -0.1) is 12.4 Å². The lowest BCUT2D eigenvalue weighted by atomic mass is 10.0. The van der Waals surface area contributed by atoms with Crippen LogP contribution in [0.15, 0.2) is 24.3 Å². The van der Waals surface area contributed by atoms with Crippen LogP contribution < -0.4 is 5.32 Å². The standard InChI is InChI=1S/C11H15NO.ClH/c1-8-4-6-10(7-5-8)11(13)9(2)12-3;/h4-7,9,12H,1-3H3;1H/i3D3;. The first kappa shape index (κ1) is 8.45. The Labute approximate surface area is 95.3 Å². The molecule has 78 valence electrons. The summed E-state index contributed by atoms with van der Waals surface area (Å²) in [5.74, 6) is -0.212. The predicted octanol–water partition coefficient (Wildman–Crippen LogP) is 2.21. The molecule has 0 amide bonds. The fourth-order valence-corrected chi connectivity index (χ4v) is 1.03. The van der Waals surface area contributed by atoms with Gasteiger partial charge in [0.05, 0.1) is 6.04 Å². The molecule has 0 bridgehead atoms. The van der Waals surface area contributed by atoms with E-state index in [1.54, 1.807) is 19.1 Å². The van der Waals surface area contributed by atoms with Crippen LogP contribution in [0.5, 0.6) is 0 Å². The van der Waals surface area contributed by atoms with Gasteiger partial charge in [-0.1, -0.05) is 29.8 Å². The van der Waals surface area contributed by atoms with E-state index >= 15 is 0 Å². The van der Waals surface area contributed by atoms with E-state index in [2.05, 4.69) is 5.32 Å². The smallest absolute Gasteiger partial charge is 0.179 e. The van der Waals surface area contributed by atoms with E-state index in [9.17, 15) is 4.79 Å². The summed E-state index contributed by atoms with van der Waals surface area (Å²) < 4.78 is 21.1. The highest BCUT2D eigenvalue weighted by molar-refractivity contribution is 5.99. The molecule has 1 atom stereocenters. The topological polar surface area (TPSA) is 29.1 Å². The lowest BCUT2D eigenvalue weighted by Crippen LogP contribution is -2.30. The van der Waals surface area contributed by atoms with E-state index in [0.29, 0.717) is 5.56 Å². The summed E-state index contributed by atoms with van der Waals surface area (Å²) in [6.07, 6.45) is 0. The third kappa shape index (κ3) is 3.13. The van der Waals surface area contributed by atoms with Crippen molar-refractivity contribution in [1.29, 1.82) is 0 Å². The normalized spacial score (nSPS) is 15.7. The van der Waals surface area contributed by atoms with E-state index in [1.807, 2.05) is 19.1 Å². The molecule has 0 saturated heterocycles. The van der Waals surface area contributed by atoms with E-state index in [-0.39, 0.29) is 18.2 Å². The van der Waals surface area contributed by atoms with Crippen LogP contribution in [0.25, 0.3) is 0 Å². The summed E-state index contributed by atoms with van der Waals surface area (Å²) in [5, 5.41) is 2.28. The summed E-state index contributed by atoms with van der Waals surface area (Å²) in [6.45, 7) is 1.19. The maximum Gasteiger partial charge on any atom is 0.179 e. The molecule has 1 unspecified atom stereocenters. The third-order valence-electron chi connectivity index (χ3n) is 1.95. The van der Waals surface area contributed by atoms with Crippen LogP contribution in [-0.2, 0) is 0 Å². The van der Waals surface area contributed by atoms with Gasteiger partial charge >= 0.3 is 0 Å². The van der Waals surface area contributed by atoms with Crippen LogP contribution in [-0.4, -0.2) is 18.8 Å². The second-order valence-corrected chi connectivity index (χ2v) is 3.10. The number of Topliss-reactive ketones (excluding diaryl/α,β-unsaturated/α-hetero) is 1. The number of nitrogens with one attached hydrogen (secondary N) is 1. The Kier molecular flexibility index (Phi) is 3.49. The molecule has 0 radical (unpaired) electrons. The van der Waals surface area contributed by atoms with Gasteiger partial charge < -0.3 is 5.32 Å². The summed E-state index contributed by atoms with van der Waals surface area (Å²) in [7, 11) is 0. The lowest BCUT2D eigenvalue weighted by Gasteiger charge is -2.08. The molecular weight excluding hydrogens is 198 g/mol. The number of aryl methyl sites for hydroxylation is 1. The lowest BCUT2D eigenvalue weighted by molar-refractivity contribution is 0.0955. The molecule has 0 aromatic heterocycles. The highest BCUT2D eigenvalue weighted by Gasteiger charge is 2.11. The molecule has 1 N–H and O–H groups in total. The average Bonchev–Trinajstić information content (AvgIpc) is 2.15. The number of carbonyl (C=O) groups is 1. The average molecular weight is 217 g/mol. The predicted molar refractivity (Wildman–Crippen MR) is 61.3 cm³/mol. The maximum absolute atomic E-state index is 11.8. The van der Waals surface area contributed by atoms with Crippen LogP contribution in [0, 0.1) is 6.92 Å². The van der Waals surface area contributed by atoms with Crippen molar-refractivity contribution in [3.05, 3.63) is 35.4 Å². The van der Waals surface area contributed by atoms with Gasteiger partial charge in [0.1, 0.15) is 0 Å². The van der Waals surface area contributed by atoms with Crippen LogP contribution in [0.3, 0.4) is 0 Å². The van der Waals surface area contributed by atoms with Gasteiger partial charge in [0, 0.05) is 9.68 Å². The SMILES string of the molecule is Cl.[2H]C([2H])([2H])NC(C)C(=O)c1ccc(C)cc1. The minimum Gasteiger partial charge on any atom is -0.310 e. The number of likely N-dealkylation sites (N-methyl/N-ethyl adjacent to an activating group) is 1. The highest BCUT2D eigenvalue weighted by atomic mass is 35.5. The van der Waals surface area contributed by atoms with Crippen molar-refractivity contribution in [2.75, 3.05) is 6.98 Å². The minimum atomic E-state index is -2.29. The Balaban J connectivity index is 0.00000256. The first-order chi connectivity index (χ1) is 7.29. The van der Waals surface area contributed by atoms with E-state index in [4.69, 9.17) is 4.11 Å². The molecule has 0 aliphatic rings. The first-order valence-electron chi connectivity index (χ1n) is 5.68. The Morgan fingerprint density at radius 3 is 2.50 bits per heavy atom. The van der Waals surface area contributed by atoms with Crippen LogP contribution in [0.2, 0.25) is 0 Å². The fraction of sp³-hybridized carbons (Fsp3) is 0.364. The van der Waals surface area contributed by atoms with Gasteiger partial charge in [-0.25, -0.2) is 0 Å². The number of rotatable bonds is 3. The number of benzene rings is 1. The zero-order valence-corrected chi connectivity index (χ0v) is 9.02. The molecule has 1 aromatic carbocycles. The summed E-state index contributed by atoms with van der Waals surface area (Å²) in [4.78, 5) is 11.8. The van der Waals surface area contributed by atoms with Crippen LogP contribution in [0.4, 0.5) is 0 Å². The number of ketones is 1. The summed E-state index contributed by atoms with van der Waals surface area (Å²) >= 11 is 0. The molecule has 0 spiro atoms. The van der Waals surface area contributed by atoms with Crippen molar-refractivity contribution in [3.63, 3.8) is 0 Å². The number of halogens is 1. The van der Waals surface area contributed by atoms with Gasteiger partial charge in [0.2, 0.25) is 0 Å². The Bertz CT molecular complexity index is 375. The van der Waals surface area contributed by atoms with Crippen LogP contribution >= 0.6 is 12.4 Å². The summed E-state index contributed by atoms with van der Waals surface area (Å²) in [6, 6.07) is 6.35. The van der Waals surface area contributed by atoms with Crippen molar-refractivity contribution in [2.24, 2.45) is 0 Å². The van der Waals surface area contributed by atoms with Crippen molar-refractivity contribution in [3.8, 4) is 0 Å². The molecule has 1 rings (SSSR count).